The maximum absolute atomic E-state index is 10.5. The van der Waals surface area contributed by atoms with Crippen LogP contribution in [0.1, 0.15) is 47.8 Å². The molecular formula is C25H25ClN2O2. The second-order valence-corrected chi connectivity index (χ2v) is 7.86. The molecule has 0 saturated heterocycles. The zero-order valence-electron chi connectivity index (χ0n) is 17.1. The number of hydrogen-bond acceptors (Lipinski definition) is 4. The summed E-state index contributed by atoms with van der Waals surface area (Å²) in [7, 11) is 1.65. The predicted octanol–water partition coefficient (Wildman–Crippen LogP) is 5.84. The summed E-state index contributed by atoms with van der Waals surface area (Å²) >= 11 is 6.23. The van der Waals surface area contributed by atoms with Gasteiger partial charge in [-0.2, -0.15) is 0 Å². The monoisotopic (exact) mass is 420 g/mol. The van der Waals surface area contributed by atoms with E-state index in [-0.39, 0.29) is 18.0 Å². The van der Waals surface area contributed by atoms with E-state index in [0.717, 1.165) is 34.6 Å². The lowest BCUT2D eigenvalue weighted by Gasteiger charge is -2.31. The molecule has 1 heterocycles. The van der Waals surface area contributed by atoms with Crippen molar-refractivity contribution < 1.29 is 9.84 Å². The van der Waals surface area contributed by atoms with Crippen LogP contribution in [0.4, 0.5) is 0 Å². The summed E-state index contributed by atoms with van der Waals surface area (Å²) in [6, 6.07) is 21.5. The minimum atomic E-state index is -0.242. The van der Waals surface area contributed by atoms with Gasteiger partial charge < -0.3 is 9.84 Å². The number of ether oxygens (including phenoxy) is 1. The summed E-state index contributed by atoms with van der Waals surface area (Å²) in [4.78, 5) is 5.01. The van der Waals surface area contributed by atoms with Crippen LogP contribution >= 0.6 is 11.6 Å². The van der Waals surface area contributed by atoms with Gasteiger partial charge in [-0.25, -0.2) is 0 Å². The summed E-state index contributed by atoms with van der Waals surface area (Å²) in [6.07, 6.45) is 1.42. The molecule has 154 valence electrons. The van der Waals surface area contributed by atoms with E-state index >= 15 is 0 Å². The van der Waals surface area contributed by atoms with Gasteiger partial charge in [0.25, 0.3) is 0 Å². The lowest BCUT2D eigenvalue weighted by atomic mass is 9.93. The van der Waals surface area contributed by atoms with Crippen LogP contribution < -0.4 is 10.1 Å². The number of halogens is 1. The fourth-order valence-corrected chi connectivity index (χ4v) is 3.96. The van der Waals surface area contributed by atoms with Gasteiger partial charge in [0.1, 0.15) is 17.7 Å². The van der Waals surface area contributed by atoms with Crippen LogP contribution in [0.3, 0.4) is 0 Å². The number of rotatable bonds is 5. The molecule has 0 aliphatic carbocycles. The standard InChI is InChI=1S/C25H25ClN2O2/c1-3-16-4-6-17(7-5-16)22-15-23(21-14-19(26)10-13-24(21)29)28-25(27-22)18-8-11-20(30-2)12-9-18/h4-14,23,25,28-29H,3,15H2,1-2H3/t23-,25-/m1/s1. The largest absolute Gasteiger partial charge is 0.508 e. The Morgan fingerprint density at radius 1 is 1.07 bits per heavy atom. The van der Waals surface area contributed by atoms with E-state index in [4.69, 9.17) is 21.3 Å². The lowest BCUT2D eigenvalue weighted by Crippen LogP contribution is -2.33. The molecule has 0 amide bonds. The number of hydrogen-bond donors (Lipinski definition) is 2. The van der Waals surface area contributed by atoms with E-state index in [2.05, 4.69) is 36.5 Å². The quantitative estimate of drug-likeness (QED) is 0.545. The fourth-order valence-electron chi connectivity index (χ4n) is 3.78. The highest BCUT2D eigenvalue weighted by molar-refractivity contribution is 6.30. The normalized spacial score (nSPS) is 18.7. The molecule has 1 aliphatic rings. The van der Waals surface area contributed by atoms with Crippen molar-refractivity contribution in [2.45, 2.75) is 32.0 Å². The van der Waals surface area contributed by atoms with Crippen LogP contribution in [0.25, 0.3) is 0 Å². The number of aliphatic imine (C=N–C) groups is 1. The van der Waals surface area contributed by atoms with Crippen LogP contribution in [-0.2, 0) is 6.42 Å². The molecule has 4 rings (SSSR count). The van der Waals surface area contributed by atoms with Crippen molar-refractivity contribution in [3.05, 3.63) is 94.0 Å². The summed E-state index contributed by atoms with van der Waals surface area (Å²) in [5, 5.41) is 14.6. The van der Waals surface area contributed by atoms with E-state index in [1.54, 1.807) is 19.2 Å². The Morgan fingerprint density at radius 3 is 2.47 bits per heavy atom. The number of nitrogens with one attached hydrogen (secondary N) is 1. The van der Waals surface area contributed by atoms with E-state index in [9.17, 15) is 5.11 Å². The van der Waals surface area contributed by atoms with Crippen molar-refractivity contribution in [3.8, 4) is 11.5 Å². The molecule has 5 heteroatoms. The Labute approximate surface area is 182 Å². The van der Waals surface area contributed by atoms with Crippen molar-refractivity contribution in [2.24, 2.45) is 4.99 Å². The van der Waals surface area contributed by atoms with Gasteiger partial charge in [0.05, 0.1) is 7.11 Å². The second-order valence-electron chi connectivity index (χ2n) is 7.43. The minimum Gasteiger partial charge on any atom is -0.508 e. The Bertz CT molecular complexity index is 1050. The van der Waals surface area contributed by atoms with Crippen LogP contribution in [0.5, 0.6) is 11.5 Å². The zero-order valence-corrected chi connectivity index (χ0v) is 17.9. The van der Waals surface area contributed by atoms with E-state index < -0.39 is 0 Å². The second kappa shape index (κ2) is 8.90. The SMILES string of the molecule is CCc1ccc(C2=N[C@@H](c3ccc(OC)cc3)N[C@@H](c3cc(Cl)ccc3O)C2)cc1. The van der Waals surface area contributed by atoms with E-state index in [1.165, 1.54) is 5.56 Å². The fraction of sp³-hybridized carbons (Fsp3) is 0.240. The lowest BCUT2D eigenvalue weighted by molar-refractivity contribution is 0.408. The molecule has 30 heavy (non-hydrogen) atoms. The van der Waals surface area contributed by atoms with Gasteiger partial charge in [0, 0.05) is 28.8 Å². The summed E-state index contributed by atoms with van der Waals surface area (Å²) in [5.41, 5.74) is 5.20. The van der Waals surface area contributed by atoms with E-state index in [1.807, 2.05) is 30.3 Å². The molecule has 0 bridgehead atoms. The third-order valence-electron chi connectivity index (χ3n) is 5.53. The van der Waals surface area contributed by atoms with Crippen molar-refractivity contribution >= 4 is 17.3 Å². The molecule has 3 aromatic carbocycles. The van der Waals surface area contributed by atoms with Crippen molar-refractivity contribution in [3.63, 3.8) is 0 Å². The smallest absolute Gasteiger partial charge is 0.126 e. The molecule has 0 fully saturated rings. The average Bonchev–Trinajstić information content (AvgIpc) is 2.80. The maximum atomic E-state index is 10.5. The molecule has 0 radical (unpaired) electrons. The van der Waals surface area contributed by atoms with Crippen LogP contribution in [0.15, 0.2) is 71.7 Å². The van der Waals surface area contributed by atoms with Gasteiger partial charge in [-0.1, -0.05) is 54.9 Å². The first-order valence-corrected chi connectivity index (χ1v) is 10.5. The molecular weight excluding hydrogens is 396 g/mol. The van der Waals surface area contributed by atoms with Gasteiger partial charge in [0.2, 0.25) is 0 Å². The van der Waals surface area contributed by atoms with Gasteiger partial charge in [0.15, 0.2) is 0 Å². The predicted molar refractivity (Wildman–Crippen MR) is 122 cm³/mol. The number of nitrogens with zero attached hydrogens (tertiary/aromatic N) is 1. The zero-order chi connectivity index (χ0) is 21.1. The van der Waals surface area contributed by atoms with Crippen LogP contribution in [-0.4, -0.2) is 17.9 Å². The Hall–Kier alpha value is -2.82. The number of phenols is 1. The van der Waals surface area contributed by atoms with Crippen LogP contribution in [0.2, 0.25) is 5.02 Å². The average molecular weight is 421 g/mol. The Morgan fingerprint density at radius 2 is 1.80 bits per heavy atom. The van der Waals surface area contributed by atoms with Gasteiger partial charge in [-0.15, -0.1) is 0 Å². The minimum absolute atomic E-state index is 0.117. The van der Waals surface area contributed by atoms with Crippen molar-refractivity contribution in [1.82, 2.24) is 5.32 Å². The molecule has 1 aliphatic heterocycles. The van der Waals surface area contributed by atoms with E-state index in [0.29, 0.717) is 11.4 Å². The Kier molecular flexibility index (Phi) is 6.07. The molecule has 3 aromatic rings. The number of aryl methyl sites for hydroxylation is 1. The third-order valence-corrected chi connectivity index (χ3v) is 5.77. The summed E-state index contributed by atoms with van der Waals surface area (Å²) in [5.74, 6) is 1.03. The number of benzene rings is 3. The van der Waals surface area contributed by atoms with Gasteiger partial charge >= 0.3 is 0 Å². The molecule has 0 unspecified atom stereocenters. The molecule has 4 nitrogen and oxygen atoms in total. The van der Waals surface area contributed by atoms with Crippen molar-refractivity contribution in [2.75, 3.05) is 7.11 Å². The van der Waals surface area contributed by atoms with Crippen LogP contribution in [0, 0.1) is 0 Å². The third kappa shape index (κ3) is 4.35. The van der Waals surface area contributed by atoms with Crippen molar-refractivity contribution in [1.29, 1.82) is 0 Å². The number of methoxy groups -OCH3 is 1. The topological polar surface area (TPSA) is 53.8 Å². The summed E-state index contributed by atoms with van der Waals surface area (Å²) in [6.45, 7) is 2.15. The van der Waals surface area contributed by atoms with Gasteiger partial charge in [-0.05, 0) is 53.4 Å². The summed E-state index contributed by atoms with van der Waals surface area (Å²) < 4.78 is 5.28. The first-order valence-electron chi connectivity index (χ1n) is 10.1. The highest BCUT2D eigenvalue weighted by Crippen LogP contribution is 2.36. The first kappa shape index (κ1) is 20.5. The highest BCUT2D eigenvalue weighted by Gasteiger charge is 2.28. The Balaban J connectivity index is 1.73. The molecule has 0 spiro atoms. The molecule has 0 saturated carbocycles. The first-order chi connectivity index (χ1) is 14.6. The molecule has 2 N–H and O–H groups in total. The number of phenolic OH excluding ortho intramolecular Hbond substituents is 1. The molecule has 2 atom stereocenters. The van der Waals surface area contributed by atoms with Gasteiger partial charge in [-0.3, -0.25) is 10.3 Å². The highest BCUT2D eigenvalue weighted by atomic mass is 35.5. The number of aromatic hydroxyl groups is 1. The molecule has 0 aromatic heterocycles. The maximum Gasteiger partial charge on any atom is 0.126 e.